The first kappa shape index (κ1) is 44.1. The third kappa shape index (κ3) is 10.5. The van der Waals surface area contributed by atoms with E-state index in [0.29, 0.717) is 0 Å². The van der Waals surface area contributed by atoms with Gasteiger partial charge in [-0.2, -0.15) is 21.1 Å². The molecule has 0 spiro atoms. The molecular formula is C37H39N3O14S4. The lowest BCUT2D eigenvalue weighted by Gasteiger charge is -2.26. The summed E-state index contributed by atoms with van der Waals surface area (Å²) in [7, 11) is -15.8. The zero-order valence-corrected chi connectivity index (χ0v) is 34.7. The highest BCUT2D eigenvalue weighted by Crippen LogP contribution is 2.31. The molecule has 0 radical (unpaired) electrons. The minimum atomic E-state index is -4.96. The van der Waals surface area contributed by atoms with Gasteiger partial charge in [-0.1, -0.05) is 24.3 Å². The van der Waals surface area contributed by atoms with Gasteiger partial charge in [-0.3, -0.25) is 18.3 Å². The van der Waals surface area contributed by atoms with Gasteiger partial charge in [0.25, 0.3) is 32.1 Å². The number of nitrogens with one attached hydrogen (secondary N) is 2. The van der Waals surface area contributed by atoms with Crippen LogP contribution in [0.3, 0.4) is 0 Å². The number of methoxy groups -OCH3 is 1. The molecule has 58 heavy (non-hydrogen) atoms. The van der Waals surface area contributed by atoms with Gasteiger partial charge in [-0.15, -0.1) is 0 Å². The maximum Gasteiger partial charge on any atom is 0.297 e. The minimum Gasteiger partial charge on any atom is -0.495 e. The van der Waals surface area contributed by atoms with Crippen molar-refractivity contribution < 1.29 is 61.5 Å². The largest absolute Gasteiger partial charge is 0.495 e. The Morgan fingerprint density at radius 1 is 0.724 bits per heavy atom. The third-order valence-electron chi connectivity index (χ3n) is 8.41. The average molecular weight is 878 g/mol. The molecule has 5 rings (SSSR count). The topological polar surface area (TPSA) is 246 Å². The van der Waals surface area contributed by atoms with Crippen LogP contribution in [-0.4, -0.2) is 100 Å². The fraction of sp³-hybridized carbons (Fsp3) is 0.243. The van der Waals surface area contributed by atoms with Gasteiger partial charge < -0.3 is 20.1 Å². The fourth-order valence-corrected chi connectivity index (χ4v) is 9.87. The summed E-state index contributed by atoms with van der Waals surface area (Å²) < 4.78 is 129. The molecule has 0 saturated carbocycles. The number of carbonyl (C=O) groups excluding carboxylic acids is 2. The van der Waals surface area contributed by atoms with E-state index in [2.05, 4.69) is 10.6 Å². The number of benzene rings is 4. The van der Waals surface area contributed by atoms with Gasteiger partial charge in [0.1, 0.15) is 20.4 Å². The van der Waals surface area contributed by atoms with E-state index < -0.39 is 67.8 Å². The van der Waals surface area contributed by atoms with Gasteiger partial charge in [-0.05, 0) is 91.7 Å². The maximum absolute atomic E-state index is 13.4. The quantitative estimate of drug-likeness (QED) is 0.0916. The molecule has 0 aromatic heterocycles. The molecule has 1 fully saturated rings. The van der Waals surface area contributed by atoms with Crippen LogP contribution in [0.2, 0.25) is 0 Å². The summed E-state index contributed by atoms with van der Waals surface area (Å²) in [5.74, 6) is -1.49. The zero-order valence-electron chi connectivity index (χ0n) is 31.4. The van der Waals surface area contributed by atoms with Crippen molar-refractivity contribution in [3.8, 4) is 5.75 Å². The lowest BCUT2D eigenvalue weighted by atomic mass is 10.1. The van der Waals surface area contributed by atoms with Crippen LogP contribution >= 0.6 is 0 Å². The van der Waals surface area contributed by atoms with Crippen LogP contribution in [-0.2, 0) is 49.0 Å². The SMILES string of the molecule is COc1ccc(C(=O)Nc2ccc(C=Cc3ccc(NC(=O)c4ccc(S(C)(=O)=O)cc4)cc3S(=O)(=O)OC(C)C)c(S(=O)(=O)O)c2)cc1S(=O)(=O)N1CCOCC1. The average Bonchev–Trinajstić information content (AvgIpc) is 3.16. The maximum atomic E-state index is 13.4. The molecule has 4 aromatic rings. The summed E-state index contributed by atoms with van der Waals surface area (Å²) in [5.41, 5.74) is -0.206. The Labute approximate surface area is 336 Å². The summed E-state index contributed by atoms with van der Waals surface area (Å²) in [6.45, 7) is 3.55. The highest BCUT2D eigenvalue weighted by atomic mass is 32.2. The fourth-order valence-electron chi connectivity index (χ4n) is 5.63. The Bertz CT molecular complexity index is 2710. The van der Waals surface area contributed by atoms with Crippen molar-refractivity contribution in [1.29, 1.82) is 0 Å². The zero-order chi connectivity index (χ0) is 42.6. The predicted molar refractivity (Wildman–Crippen MR) is 213 cm³/mol. The van der Waals surface area contributed by atoms with Gasteiger partial charge in [0.05, 0.1) is 31.3 Å². The Balaban J connectivity index is 1.44. The minimum absolute atomic E-state index is 0.00202. The molecule has 1 saturated heterocycles. The second-order valence-electron chi connectivity index (χ2n) is 13.0. The van der Waals surface area contributed by atoms with E-state index in [0.717, 1.165) is 24.5 Å². The number of ether oxygens (including phenoxy) is 2. The lowest BCUT2D eigenvalue weighted by molar-refractivity contribution is 0.0729. The van der Waals surface area contributed by atoms with Crippen molar-refractivity contribution >= 4 is 75.4 Å². The van der Waals surface area contributed by atoms with Crippen LogP contribution in [0.25, 0.3) is 12.2 Å². The van der Waals surface area contributed by atoms with Crippen LogP contribution in [0, 0.1) is 0 Å². The second-order valence-corrected chi connectivity index (χ2v) is 19.9. The summed E-state index contributed by atoms with van der Waals surface area (Å²) in [4.78, 5) is 25.0. The normalized spacial score (nSPS) is 14.4. The molecule has 3 N–H and O–H groups in total. The van der Waals surface area contributed by atoms with E-state index in [1.165, 1.54) is 98.1 Å². The number of rotatable bonds is 14. The smallest absolute Gasteiger partial charge is 0.297 e. The Kier molecular flexibility index (Phi) is 13.3. The monoisotopic (exact) mass is 877 g/mol. The molecular weight excluding hydrogens is 839 g/mol. The number of morpholine rings is 1. The van der Waals surface area contributed by atoms with Gasteiger partial charge in [0, 0.05) is 41.8 Å². The first-order valence-corrected chi connectivity index (χ1v) is 23.3. The Morgan fingerprint density at radius 3 is 1.76 bits per heavy atom. The van der Waals surface area contributed by atoms with Crippen LogP contribution in [0.15, 0.2) is 98.4 Å². The van der Waals surface area contributed by atoms with Crippen molar-refractivity contribution in [1.82, 2.24) is 4.31 Å². The van der Waals surface area contributed by atoms with Crippen LogP contribution in [0.4, 0.5) is 11.4 Å². The van der Waals surface area contributed by atoms with E-state index in [4.69, 9.17) is 13.7 Å². The van der Waals surface area contributed by atoms with Crippen molar-refractivity contribution in [3.63, 3.8) is 0 Å². The molecule has 0 unspecified atom stereocenters. The van der Waals surface area contributed by atoms with Crippen molar-refractivity contribution in [2.45, 2.75) is 39.5 Å². The second kappa shape index (κ2) is 17.5. The number of sulfonamides is 1. The standard InChI is InChI=1S/C37H39N3O14S4/c1-24(2)54-58(50,51)34-23-30(38-36(41)27-9-14-31(15-10-27)55(4,43)44)13-8-26(34)6-5-25-7-12-29(22-33(25)57(47,48)49)39-37(42)28-11-16-32(52-3)35(21-28)56(45,46)40-17-19-53-20-18-40/h5-16,21-24H,17-20H2,1-4H3,(H,38,41)(H,39,42)(H,47,48,49). The van der Waals surface area contributed by atoms with Crippen molar-refractivity contribution in [2.75, 3.05) is 50.3 Å². The van der Waals surface area contributed by atoms with E-state index in [1.807, 2.05) is 0 Å². The van der Waals surface area contributed by atoms with Crippen molar-refractivity contribution in [2.24, 2.45) is 0 Å². The van der Waals surface area contributed by atoms with E-state index in [9.17, 15) is 47.8 Å². The Hall–Kier alpha value is -5.00. The molecule has 0 bridgehead atoms. The number of amides is 2. The number of anilines is 2. The highest BCUT2D eigenvalue weighted by molar-refractivity contribution is 7.90. The molecule has 1 heterocycles. The first-order chi connectivity index (χ1) is 27.1. The van der Waals surface area contributed by atoms with Crippen LogP contribution < -0.4 is 15.4 Å². The number of carbonyl (C=O) groups is 2. The number of nitrogens with zero attached hydrogens (tertiary/aromatic N) is 1. The van der Waals surface area contributed by atoms with Gasteiger partial charge in [-0.25, -0.2) is 16.8 Å². The third-order valence-corrected chi connectivity index (χ3v) is 13.9. The molecule has 2 amide bonds. The van der Waals surface area contributed by atoms with Crippen LogP contribution in [0.1, 0.15) is 45.7 Å². The summed E-state index contributed by atoms with van der Waals surface area (Å²) >= 11 is 0. The molecule has 1 aliphatic rings. The van der Waals surface area contributed by atoms with E-state index >= 15 is 0 Å². The molecule has 310 valence electrons. The molecule has 1 aliphatic heterocycles. The summed E-state index contributed by atoms with van der Waals surface area (Å²) in [6.07, 6.45) is 2.67. The molecule has 21 heteroatoms. The number of hydrogen-bond donors (Lipinski definition) is 3. The van der Waals surface area contributed by atoms with Gasteiger partial charge >= 0.3 is 0 Å². The predicted octanol–water partition coefficient (Wildman–Crippen LogP) is 4.16. The number of sulfone groups is 1. The van der Waals surface area contributed by atoms with E-state index in [1.54, 1.807) is 0 Å². The van der Waals surface area contributed by atoms with Crippen LogP contribution in [0.5, 0.6) is 5.75 Å². The van der Waals surface area contributed by atoms with E-state index in [-0.39, 0.29) is 75.5 Å². The molecule has 4 aromatic carbocycles. The first-order valence-electron chi connectivity index (χ1n) is 17.2. The Morgan fingerprint density at radius 2 is 1.24 bits per heavy atom. The molecule has 17 nitrogen and oxygen atoms in total. The summed E-state index contributed by atoms with van der Waals surface area (Å²) in [5, 5.41) is 5.05. The highest BCUT2D eigenvalue weighted by Gasteiger charge is 2.30. The summed E-state index contributed by atoms with van der Waals surface area (Å²) in [6, 6.07) is 16.2. The van der Waals surface area contributed by atoms with Gasteiger partial charge in [0.2, 0.25) is 10.0 Å². The number of hydrogen-bond acceptors (Lipinski definition) is 13. The molecule has 0 atom stereocenters. The molecule has 0 aliphatic carbocycles. The van der Waals surface area contributed by atoms with Crippen molar-refractivity contribution in [3.05, 3.63) is 101 Å². The van der Waals surface area contributed by atoms with Gasteiger partial charge in [0.15, 0.2) is 9.84 Å². The lowest BCUT2D eigenvalue weighted by Crippen LogP contribution is -2.40.